The van der Waals surface area contributed by atoms with E-state index in [4.69, 9.17) is 4.74 Å². The Hall–Kier alpha value is -1.23. The molecule has 14 heavy (non-hydrogen) atoms. The Morgan fingerprint density at radius 3 is 2.93 bits per heavy atom. The summed E-state index contributed by atoms with van der Waals surface area (Å²) in [6, 6.07) is 0. The average Bonchev–Trinajstić information content (AvgIpc) is 2.30. The second kappa shape index (κ2) is 4.32. The number of ether oxygens (including phenoxy) is 1. The van der Waals surface area contributed by atoms with Crippen molar-refractivity contribution >= 4 is 5.96 Å². The second-order valence-corrected chi connectivity index (χ2v) is 3.30. The second-order valence-electron chi connectivity index (χ2n) is 3.30. The highest BCUT2D eigenvalue weighted by atomic mass is 16.5. The molecule has 0 bridgehead atoms. The fraction of sp³-hybridized carbons (Fsp3) is 0.667. The summed E-state index contributed by atoms with van der Waals surface area (Å²) in [5.74, 6) is 1.74. The molecule has 2 aliphatic rings. The fourth-order valence-electron chi connectivity index (χ4n) is 1.61. The number of guanidine groups is 1. The van der Waals surface area contributed by atoms with E-state index in [9.17, 15) is 0 Å². The van der Waals surface area contributed by atoms with Gasteiger partial charge in [0.15, 0.2) is 5.88 Å². The van der Waals surface area contributed by atoms with Crippen LogP contribution < -0.4 is 10.6 Å². The van der Waals surface area contributed by atoms with E-state index >= 15 is 0 Å². The van der Waals surface area contributed by atoms with Gasteiger partial charge in [0.25, 0.3) is 0 Å². The maximum Gasteiger partial charge on any atom is 0.201 e. The quantitative estimate of drug-likeness (QED) is 0.584. The van der Waals surface area contributed by atoms with Gasteiger partial charge in [-0.15, -0.1) is 0 Å². The van der Waals surface area contributed by atoms with Crippen LogP contribution in [-0.2, 0) is 4.74 Å². The van der Waals surface area contributed by atoms with Crippen LogP contribution in [0.2, 0.25) is 0 Å². The first kappa shape index (κ1) is 9.33. The molecule has 0 aromatic rings. The number of piperazine rings is 1. The van der Waals surface area contributed by atoms with Gasteiger partial charge in [0, 0.05) is 26.2 Å². The fourth-order valence-corrected chi connectivity index (χ4v) is 1.61. The van der Waals surface area contributed by atoms with Crippen molar-refractivity contribution in [1.82, 2.24) is 15.5 Å². The van der Waals surface area contributed by atoms with Crippen LogP contribution in [0.15, 0.2) is 17.0 Å². The van der Waals surface area contributed by atoms with Gasteiger partial charge in [0.1, 0.15) is 0 Å². The van der Waals surface area contributed by atoms with Gasteiger partial charge < -0.3 is 15.0 Å². The van der Waals surface area contributed by atoms with Crippen molar-refractivity contribution in [3.8, 4) is 0 Å². The Labute approximate surface area is 83.8 Å². The summed E-state index contributed by atoms with van der Waals surface area (Å²) in [7, 11) is 1.67. The Bertz CT molecular complexity index is 256. The van der Waals surface area contributed by atoms with Gasteiger partial charge in [-0.3, -0.25) is 5.32 Å². The molecule has 2 aliphatic heterocycles. The predicted octanol–water partition coefficient (Wildman–Crippen LogP) is -0.661. The highest BCUT2D eigenvalue weighted by molar-refractivity contribution is 5.82. The minimum atomic E-state index is 0.704. The highest BCUT2D eigenvalue weighted by Crippen LogP contribution is 2.02. The van der Waals surface area contributed by atoms with E-state index in [1.54, 1.807) is 7.11 Å². The average molecular weight is 196 g/mol. The van der Waals surface area contributed by atoms with Crippen molar-refractivity contribution in [2.75, 3.05) is 39.8 Å². The molecule has 78 valence electrons. The third kappa shape index (κ3) is 1.98. The van der Waals surface area contributed by atoms with Gasteiger partial charge >= 0.3 is 0 Å². The van der Waals surface area contributed by atoms with Crippen LogP contribution in [-0.4, -0.2) is 50.7 Å². The largest absolute Gasteiger partial charge is 0.482 e. The van der Waals surface area contributed by atoms with Crippen LogP contribution in [0.4, 0.5) is 0 Å². The van der Waals surface area contributed by atoms with Crippen LogP contribution in [0.5, 0.6) is 0 Å². The summed E-state index contributed by atoms with van der Waals surface area (Å²) in [6.07, 6.45) is 1.94. The minimum absolute atomic E-state index is 0.704. The van der Waals surface area contributed by atoms with E-state index in [-0.39, 0.29) is 0 Å². The Balaban J connectivity index is 1.94. The molecule has 0 aliphatic carbocycles. The Morgan fingerprint density at radius 1 is 1.43 bits per heavy atom. The van der Waals surface area contributed by atoms with Crippen LogP contribution in [0, 0.1) is 0 Å². The number of hydrogen-bond acceptors (Lipinski definition) is 5. The summed E-state index contributed by atoms with van der Waals surface area (Å²) < 4.78 is 5.14. The molecule has 0 amide bonds. The summed E-state index contributed by atoms with van der Waals surface area (Å²) in [6.45, 7) is 4.75. The van der Waals surface area contributed by atoms with Gasteiger partial charge in [-0.2, -0.15) is 0 Å². The molecule has 2 N–H and O–H groups in total. The summed E-state index contributed by atoms with van der Waals surface area (Å²) in [5, 5.41) is 6.47. The molecule has 5 heteroatoms. The summed E-state index contributed by atoms with van der Waals surface area (Å²) in [4.78, 5) is 6.64. The van der Waals surface area contributed by atoms with Crippen molar-refractivity contribution in [1.29, 1.82) is 0 Å². The third-order valence-corrected chi connectivity index (χ3v) is 2.39. The molecule has 0 atom stereocenters. The molecular weight excluding hydrogens is 180 g/mol. The van der Waals surface area contributed by atoms with Gasteiger partial charge in [0.05, 0.1) is 13.7 Å². The highest BCUT2D eigenvalue weighted by Gasteiger charge is 2.16. The summed E-state index contributed by atoms with van der Waals surface area (Å²) >= 11 is 0. The number of nitrogens with zero attached hydrogens (tertiary/aromatic N) is 2. The topological polar surface area (TPSA) is 48.9 Å². The van der Waals surface area contributed by atoms with Crippen molar-refractivity contribution in [2.45, 2.75) is 0 Å². The predicted molar refractivity (Wildman–Crippen MR) is 55.0 cm³/mol. The Morgan fingerprint density at radius 2 is 2.21 bits per heavy atom. The molecule has 5 nitrogen and oxygen atoms in total. The summed E-state index contributed by atoms with van der Waals surface area (Å²) in [5.41, 5.74) is 0. The van der Waals surface area contributed by atoms with E-state index in [1.165, 1.54) is 0 Å². The van der Waals surface area contributed by atoms with Gasteiger partial charge in [0.2, 0.25) is 5.96 Å². The van der Waals surface area contributed by atoms with Crippen LogP contribution in [0.1, 0.15) is 0 Å². The SMILES string of the molecule is COC1=CCN=C(N2CCNCC2)N1. The first-order chi connectivity index (χ1) is 6.90. The lowest BCUT2D eigenvalue weighted by Crippen LogP contribution is -2.51. The molecule has 0 spiro atoms. The van der Waals surface area contributed by atoms with Gasteiger partial charge in [-0.05, 0) is 6.08 Å². The lowest BCUT2D eigenvalue weighted by molar-refractivity contribution is 0.262. The van der Waals surface area contributed by atoms with E-state index in [0.29, 0.717) is 6.54 Å². The molecule has 1 saturated heterocycles. The van der Waals surface area contributed by atoms with Gasteiger partial charge in [-0.1, -0.05) is 0 Å². The zero-order chi connectivity index (χ0) is 9.80. The zero-order valence-corrected chi connectivity index (χ0v) is 8.42. The molecule has 2 heterocycles. The van der Waals surface area contributed by atoms with Crippen LogP contribution >= 0.6 is 0 Å². The van der Waals surface area contributed by atoms with E-state index in [2.05, 4.69) is 20.5 Å². The number of nitrogens with one attached hydrogen (secondary N) is 2. The van der Waals surface area contributed by atoms with Crippen molar-refractivity contribution in [3.63, 3.8) is 0 Å². The van der Waals surface area contributed by atoms with Crippen molar-refractivity contribution in [2.24, 2.45) is 4.99 Å². The smallest absolute Gasteiger partial charge is 0.201 e. The number of hydrogen-bond donors (Lipinski definition) is 2. The Kier molecular flexibility index (Phi) is 2.88. The van der Waals surface area contributed by atoms with E-state index in [0.717, 1.165) is 38.0 Å². The van der Waals surface area contributed by atoms with Crippen molar-refractivity contribution in [3.05, 3.63) is 12.0 Å². The standard InChI is InChI=1S/C9H16N4O/c1-14-8-2-3-11-9(12-8)13-6-4-10-5-7-13/h2,10H,3-7H2,1H3,(H,11,12). The molecule has 0 radical (unpaired) electrons. The maximum atomic E-state index is 5.14. The number of rotatable bonds is 1. The third-order valence-electron chi connectivity index (χ3n) is 2.39. The monoisotopic (exact) mass is 196 g/mol. The minimum Gasteiger partial charge on any atom is -0.482 e. The molecule has 0 saturated carbocycles. The van der Waals surface area contributed by atoms with Crippen molar-refractivity contribution < 1.29 is 4.74 Å². The first-order valence-corrected chi connectivity index (χ1v) is 4.91. The zero-order valence-electron chi connectivity index (χ0n) is 8.42. The lowest BCUT2D eigenvalue weighted by atomic mass is 10.4. The first-order valence-electron chi connectivity index (χ1n) is 4.91. The molecule has 0 aromatic heterocycles. The molecule has 0 aromatic carbocycles. The lowest BCUT2D eigenvalue weighted by Gasteiger charge is -2.31. The van der Waals surface area contributed by atoms with Crippen LogP contribution in [0.25, 0.3) is 0 Å². The van der Waals surface area contributed by atoms with Crippen LogP contribution in [0.3, 0.4) is 0 Å². The molecular formula is C9H16N4O. The maximum absolute atomic E-state index is 5.14. The molecule has 1 fully saturated rings. The van der Waals surface area contributed by atoms with Gasteiger partial charge in [-0.25, -0.2) is 4.99 Å². The molecule has 0 unspecified atom stereocenters. The van der Waals surface area contributed by atoms with E-state index < -0.39 is 0 Å². The molecule has 2 rings (SSSR count). The normalized spacial score (nSPS) is 22.2. The number of methoxy groups -OCH3 is 1. The number of aliphatic imine (C=N–C) groups is 1. The van der Waals surface area contributed by atoms with E-state index in [1.807, 2.05) is 6.08 Å².